The second kappa shape index (κ2) is 8.63. The molecule has 5 nitrogen and oxygen atoms in total. The van der Waals surface area contributed by atoms with E-state index in [0.29, 0.717) is 11.7 Å². The SMILES string of the molecule is CN=C(NCC(C)SC)NC(C)CCS(C)(=O)=O. The third-order valence-corrected chi connectivity index (χ3v) is 4.44. The molecule has 0 aliphatic rings. The van der Waals surface area contributed by atoms with Crippen molar-refractivity contribution >= 4 is 27.6 Å². The zero-order valence-corrected chi connectivity index (χ0v) is 13.5. The largest absolute Gasteiger partial charge is 0.355 e. The van der Waals surface area contributed by atoms with Gasteiger partial charge in [-0.25, -0.2) is 8.42 Å². The Bertz CT molecular complexity index is 355. The van der Waals surface area contributed by atoms with Gasteiger partial charge in [0, 0.05) is 31.1 Å². The van der Waals surface area contributed by atoms with Crippen molar-refractivity contribution in [1.29, 1.82) is 0 Å². The van der Waals surface area contributed by atoms with Gasteiger partial charge in [0.15, 0.2) is 5.96 Å². The summed E-state index contributed by atoms with van der Waals surface area (Å²) in [5.74, 6) is 0.913. The molecule has 0 saturated heterocycles. The van der Waals surface area contributed by atoms with E-state index in [4.69, 9.17) is 0 Å². The monoisotopic (exact) mass is 295 g/mol. The molecule has 2 unspecified atom stereocenters. The van der Waals surface area contributed by atoms with E-state index in [0.717, 1.165) is 12.5 Å². The predicted octanol–water partition coefficient (Wildman–Crippen LogP) is 0.726. The number of aliphatic imine (C=N–C) groups is 1. The van der Waals surface area contributed by atoms with Gasteiger partial charge in [-0.2, -0.15) is 11.8 Å². The summed E-state index contributed by atoms with van der Waals surface area (Å²) in [7, 11) is -1.18. The number of thioether (sulfide) groups is 1. The van der Waals surface area contributed by atoms with E-state index in [1.54, 1.807) is 18.8 Å². The summed E-state index contributed by atoms with van der Waals surface area (Å²) < 4.78 is 22.1. The molecule has 0 aliphatic carbocycles. The fraction of sp³-hybridized carbons (Fsp3) is 0.909. The van der Waals surface area contributed by atoms with Crippen LogP contribution in [0.25, 0.3) is 0 Å². The lowest BCUT2D eigenvalue weighted by Crippen LogP contribution is -2.44. The maximum Gasteiger partial charge on any atom is 0.191 e. The van der Waals surface area contributed by atoms with E-state index >= 15 is 0 Å². The van der Waals surface area contributed by atoms with Gasteiger partial charge in [0.1, 0.15) is 9.84 Å². The number of nitrogens with one attached hydrogen (secondary N) is 2. The molecule has 0 aromatic rings. The number of hydrogen-bond donors (Lipinski definition) is 2. The summed E-state index contributed by atoms with van der Waals surface area (Å²) in [6.45, 7) is 4.92. The van der Waals surface area contributed by atoms with Crippen molar-refractivity contribution in [1.82, 2.24) is 10.6 Å². The molecule has 18 heavy (non-hydrogen) atoms. The van der Waals surface area contributed by atoms with Gasteiger partial charge in [-0.3, -0.25) is 4.99 Å². The summed E-state index contributed by atoms with van der Waals surface area (Å²) in [5.41, 5.74) is 0. The fourth-order valence-electron chi connectivity index (χ4n) is 1.21. The Kier molecular flexibility index (Phi) is 8.43. The molecule has 0 aromatic heterocycles. The molecule has 0 aromatic carbocycles. The van der Waals surface area contributed by atoms with E-state index < -0.39 is 9.84 Å². The first-order chi connectivity index (χ1) is 8.28. The van der Waals surface area contributed by atoms with Crippen molar-refractivity contribution < 1.29 is 8.42 Å². The Balaban J connectivity index is 4.06. The molecular formula is C11H25N3O2S2. The fourth-order valence-corrected chi connectivity index (χ4v) is 2.25. The number of rotatable bonds is 7. The van der Waals surface area contributed by atoms with Crippen molar-refractivity contribution in [2.45, 2.75) is 31.6 Å². The second-order valence-corrected chi connectivity index (χ2v) is 8.00. The second-order valence-electron chi connectivity index (χ2n) is 4.46. The Labute approximate surface area is 115 Å². The average Bonchev–Trinajstić information content (AvgIpc) is 2.30. The molecule has 0 amide bonds. The highest BCUT2D eigenvalue weighted by Crippen LogP contribution is 2.02. The summed E-state index contributed by atoms with van der Waals surface area (Å²) in [4.78, 5) is 4.11. The Hall–Kier alpha value is -0.430. The molecule has 0 fully saturated rings. The average molecular weight is 295 g/mol. The molecule has 0 radical (unpaired) electrons. The first-order valence-corrected chi connectivity index (χ1v) is 9.31. The van der Waals surface area contributed by atoms with Gasteiger partial charge >= 0.3 is 0 Å². The van der Waals surface area contributed by atoms with Crippen LogP contribution in [0.15, 0.2) is 4.99 Å². The smallest absolute Gasteiger partial charge is 0.191 e. The van der Waals surface area contributed by atoms with Crippen LogP contribution < -0.4 is 10.6 Å². The van der Waals surface area contributed by atoms with Crippen LogP contribution in [-0.4, -0.2) is 57.5 Å². The standard InChI is InChI=1S/C11H25N3O2S2/c1-9(6-7-18(5,15)16)14-11(12-3)13-8-10(2)17-4/h9-10H,6-8H2,1-5H3,(H2,12,13,14). The van der Waals surface area contributed by atoms with Crippen LogP contribution in [0.2, 0.25) is 0 Å². The minimum absolute atomic E-state index is 0.0792. The number of sulfone groups is 1. The van der Waals surface area contributed by atoms with Gasteiger partial charge in [0.05, 0.1) is 5.75 Å². The zero-order valence-electron chi connectivity index (χ0n) is 11.9. The lowest BCUT2D eigenvalue weighted by atomic mass is 10.3. The molecule has 0 aliphatic heterocycles. The normalized spacial score (nSPS) is 16.2. The maximum absolute atomic E-state index is 11.1. The predicted molar refractivity (Wildman–Crippen MR) is 81.3 cm³/mol. The molecule has 0 rings (SSSR count). The van der Waals surface area contributed by atoms with Gasteiger partial charge < -0.3 is 10.6 Å². The van der Waals surface area contributed by atoms with Crippen molar-refractivity contribution in [3.63, 3.8) is 0 Å². The number of guanidine groups is 1. The highest BCUT2D eigenvalue weighted by molar-refractivity contribution is 7.99. The van der Waals surface area contributed by atoms with Crippen molar-refractivity contribution in [3.8, 4) is 0 Å². The summed E-state index contributed by atoms with van der Waals surface area (Å²) in [6, 6.07) is 0.0792. The van der Waals surface area contributed by atoms with Gasteiger partial charge in [0.25, 0.3) is 0 Å². The van der Waals surface area contributed by atoms with E-state index in [1.165, 1.54) is 6.26 Å². The van der Waals surface area contributed by atoms with Crippen LogP contribution >= 0.6 is 11.8 Å². The van der Waals surface area contributed by atoms with E-state index in [2.05, 4.69) is 28.8 Å². The van der Waals surface area contributed by atoms with Crippen molar-refractivity contribution in [2.24, 2.45) is 4.99 Å². The van der Waals surface area contributed by atoms with Crippen LogP contribution in [0.5, 0.6) is 0 Å². The molecule has 108 valence electrons. The van der Waals surface area contributed by atoms with Gasteiger partial charge in [-0.1, -0.05) is 6.92 Å². The number of hydrogen-bond acceptors (Lipinski definition) is 4. The van der Waals surface area contributed by atoms with Gasteiger partial charge in [0.2, 0.25) is 0 Å². The molecule has 2 atom stereocenters. The van der Waals surface area contributed by atoms with Crippen LogP contribution in [-0.2, 0) is 9.84 Å². The van der Waals surface area contributed by atoms with Crippen molar-refractivity contribution in [3.05, 3.63) is 0 Å². The highest BCUT2D eigenvalue weighted by Gasteiger charge is 2.09. The van der Waals surface area contributed by atoms with Crippen LogP contribution in [0.1, 0.15) is 20.3 Å². The third kappa shape index (κ3) is 9.58. The maximum atomic E-state index is 11.1. The summed E-state index contributed by atoms with van der Waals surface area (Å²) >= 11 is 1.79. The molecule has 0 bridgehead atoms. The Morgan fingerprint density at radius 1 is 1.39 bits per heavy atom. The minimum atomic E-state index is -2.89. The van der Waals surface area contributed by atoms with Gasteiger partial charge in [-0.05, 0) is 19.6 Å². The minimum Gasteiger partial charge on any atom is -0.355 e. The van der Waals surface area contributed by atoms with Crippen LogP contribution in [0.4, 0.5) is 0 Å². The molecule has 0 heterocycles. The quantitative estimate of drug-likeness (QED) is 0.535. The van der Waals surface area contributed by atoms with E-state index in [1.807, 2.05) is 6.92 Å². The van der Waals surface area contributed by atoms with Gasteiger partial charge in [-0.15, -0.1) is 0 Å². The lowest BCUT2D eigenvalue weighted by Gasteiger charge is -2.19. The first-order valence-electron chi connectivity index (χ1n) is 5.96. The Morgan fingerprint density at radius 3 is 2.44 bits per heavy atom. The lowest BCUT2D eigenvalue weighted by molar-refractivity contribution is 0.581. The van der Waals surface area contributed by atoms with Crippen LogP contribution in [0.3, 0.4) is 0 Å². The zero-order chi connectivity index (χ0) is 14.2. The van der Waals surface area contributed by atoms with Crippen molar-refractivity contribution in [2.75, 3.05) is 31.9 Å². The third-order valence-electron chi connectivity index (χ3n) is 2.49. The summed E-state index contributed by atoms with van der Waals surface area (Å²) in [6.07, 6.45) is 3.90. The molecule has 0 saturated carbocycles. The molecule has 2 N–H and O–H groups in total. The van der Waals surface area contributed by atoms with Crippen LogP contribution in [0, 0.1) is 0 Å². The highest BCUT2D eigenvalue weighted by atomic mass is 32.2. The summed E-state index contributed by atoms with van der Waals surface area (Å²) in [5, 5.41) is 6.91. The first kappa shape index (κ1) is 17.6. The molecule has 7 heteroatoms. The molecule has 0 spiro atoms. The molecular weight excluding hydrogens is 270 g/mol. The Morgan fingerprint density at radius 2 is 2.00 bits per heavy atom. The van der Waals surface area contributed by atoms with E-state index in [-0.39, 0.29) is 11.8 Å². The topological polar surface area (TPSA) is 70.6 Å². The van der Waals surface area contributed by atoms with E-state index in [9.17, 15) is 8.42 Å². The number of nitrogens with zero attached hydrogens (tertiary/aromatic N) is 1.